The first-order valence-electron chi connectivity index (χ1n) is 1.53. The highest BCUT2D eigenvalue weighted by atomic mass is 32.2. The third-order valence-electron chi connectivity index (χ3n) is 0.553. The van der Waals surface area contributed by atoms with Crippen molar-refractivity contribution in [1.82, 2.24) is 0 Å². The van der Waals surface area contributed by atoms with Crippen molar-refractivity contribution in [3.63, 3.8) is 0 Å². The molecule has 1 fully saturated rings. The predicted molar refractivity (Wildman–Crippen MR) is 30.6 cm³/mol. The molecule has 0 aromatic carbocycles. The second kappa shape index (κ2) is 1.32. The van der Waals surface area contributed by atoms with E-state index in [0.717, 1.165) is 0 Å². The monoisotopic (exact) mass is 104 g/mol. The Labute approximate surface area is 38.2 Å². The van der Waals surface area contributed by atoms with E-state index >= 15 is 0 Å². The quantitative estimate of drug-likeness (QED) is 0.414. The molecule has 0 unspecified atom stereocenters. The van der Waals surface area contributed by atoms with Crippen LogP contribution >= 0.6 is 20.6 Å². The molecule has 1 saturated heterocycles. The maximum atomic E-state index is 3.40. The zero-order valence-electron chi connectivity index (χ0n) is 2.82. The average Bonchev–Trinajstić information content (AvgIpc) is 1.30. The van der Waals surface area contributed by atoms with Gasteiger partial charge in [0.15, 0.2) is 0 Å². The van der Waals surface area contributed by atoms with Gasteiger partial charge in [-0.25, -0.2) is 0 Å². The Hall–Kier alpha value is 0.520. The van der Waals surface area contributed by atoms with Gasteiger partial charge in [0.2, 0.25) is 0 Å². The number of hydrogen-bond acceptors (Lipinski definition) is 1. The molecule has 28 valence electrons. The van der Waals surface area contributed by atoms with E-state index in [9.17, 15) is 0 Å². The SMILES string of the molecule is P=C1CSC1. The Morgan fingerprint density at radius 2 is 2.00 bits per heavy atom. The van der Waals surface area contributed by atoms with Crippen LogP contribution in [-0.2, 0) is 0 Å². The minimum absolute atomic E-state index is 1.23. The van der Waals surface area contributed by atoms with Crippen molar-refractivity contribution < 1.29 is 0 Å². The van der Waals surface area contributed by atoms with Gasteiger partial charge in [0.25, 0.3) is 0 Å². The third kappa shape index (κ3) is 0.675. The molecule has 0 N–H and O–H groups in total. The van der Waals surface area contributed by atoms with E-state index in [0.29, 0.717) is 0 Å². The largest absolute Gasteiger partial charge is 0.152 e. The van der Waals surface area contributed by atoms with Gasteiger partial charge in [-0.1, -0.05) is 0 Å². The Morgan fingerprint density at radius 3 is 2.00 bits per heavy atom. The first-order valence-corrected chi connectivity index (χ1v) is 3.19. The Bertz CT molecular complexity index is 53.9. The average molecular weight is 104 g/mol. The topological polar surface area (TPSA) is 0 Å². The van der Waals surface area contributed by atoms with E-state index in [1.54, 1.807) is 0 Å². The first kappa shape index (κ1) is 3.70. The van der Waals surface area contributed by atoms with Crippen LogP contribution in [0.3, 0.4) is 0 Å². The van der Waals surface area contributed by atoms with Gasteiger partial charge in [-0.15, -0.1) is 8.86 Å². The maximum Gasteiger partial charge on any atom is 0.0195 e. The molecule has 0 aromatic heterocycles. The fraction of sp³-hybridized carbons (Fsp3) is 0.667. The van der Waals surface area contributed by atoms with E-state index in [1.165, 1.54) is 16.8 Å². The molecule has 1 aliphatic heterocycles. The van der Waals surface area contributed by atoms with Crippen molar-refractivity contribution in [2.45, 2.75) is 0 Å². The summed E-state index contributed by atoms with van der Waals surface area (Å²) >= 11 is 1.96. The van der Waals surface area contributed by atoms with Gasteiger partial charge in [-0.05, 0) is 5.29 Å². The van der Waals surface area contributed by atoms with Gasteiger partial charge in [0.1, 0.15) is 0 Å². The van der Waals surface area contributed by atoms with Crippen molar-refractivity contribution in [1.29, 1.82) is 0 Å². The van der Waals surface area contributed by atoms with Crippen molar-refractivity contribution in [3.05, 3.63) is 0 Å². The van der Waals surface area contributed by atoms with Crippen LogP contribution in [0.4, 0.5) is 0 Å². The minimum atomic E-state index is 1.23. The normalized spacial score (nSPS) is 22.0. The fourth-order valence-corrected chi connectivity index (χ4v) is 1.22. The highest BCUT2D eigenvalue weighted by Gasteiger charge is 2.03. The number of hydrogen-bond donors (Lipinski definition) is 0. The summed E-state index contributed by atoms with van der Waals surface area (Å²) in [6.45, 7) is 0. The number of thioether (sulfide) groups is 1. The zero-order chi connectivity index (χ0) is 3.70. The Balaban J connectivity index is 2.32. The lowest BCUT2D eigenvalue weighted by Gasteiger charge is -2.10. The Kier molecular flexibility index (Phi) is 0.975. The van der Waals surface area contributed by atoms with Gasteiger partial charge < -0.3 is 0 Å². The summed E-state index contributed by atoms with van der Waals surface area (Å²) in [5, 5.41) is 1.45. The standard InChI is InChI=1S/C3H5PS/c4-3-1-5-2-3/h4H,1-2H2. The van der Waals surface area contributed by atoms with E-state index in [1.807, 2.05) is 11.8 Å². The van der Waals surface area contributed by atoms with Crippen molar-refractivity contribution in [3.8, 4) is 0 Å². The lowest BCUT2D eigenvalue weighted by molar-refractivity contribution is 1.77. The summed E-state index contributed by atoms with van der Waals surface area (Å²) < 4.78 is 0. The van der Waals surface area contributed by atoms with Gasteiger partial charge in [-0.2, -0.15) is 11.8 Å². The molecule has 0 radical (unpaired) electrons. The predicted octanol–water partition coefficient (Wildman–Crippen LogP) is 1.05. The molecule has 0 amide bonds. The molecular formula is C3H5PS. The van der Waals surface area contributed by atoms with E-state index in [2.05, 4.69) is 8.86 Å². The van der Waals surface area contributed by atoms with Crippen LogP contribution in [-0.4, -0.2) is 16.8 Å². The summed E-state index contributed by atoms with van der Waals surface area (Å²) in [6, 6.07) is 0. The van der Waals surface area contributed by atoms with Crippen molar-refractivity contribution in [2.75, 3.05) is 11.5 Å². The molecule has 5 heavy (non-hydrogen) atoms. The van der Waals surface area contributed by atoms with Crippen molar-refractivity contribution in [2.24, 2.45) is 0 Å². The second-order valence-corrected chi connectivity index (χ2v) is 2.79. The molecule has 0 nitrogen and oxygen atoms in total. The van der Waals surface area contributed by atoms with Crippen LogP contribution in [0.15, 0.2) is 0 Å². The second-order valence-electron chi connectivity index (χ2n) is 1.10. The lowest BCUT2D eigenvalue weighted by Crippen LogP contribution is -2.12. The molecule has 0 saturated carbocycles. The fourth-order valence-electron chi connectivity index (χ4n) is 0.204. The molecular weight excluding hydrogens is 99.1 g/mol. The summed E-state index contributed by atoms with van der Waals surface area (Å²) in [5.74, 6) is 2.47. The third-order valence-corrected chi connectivity index (χ3v) is 2.52. The van der Waals surface area contributed by atoms with Crippen molar-refractivity contribution >= 4 is 25.9 Å². The highest BCUT2D eigenvalue weighted by Crippen LogP contribution is 2.14. The molecule has 1 rings (SSSR count). The molecule has 1 aliphatic rings. The molecule has 0 spiro atoms. The van der Waals surface area contributed by atoms with E-state index in [4.69, 9.17) is 0 Å². The molecule has 0 aliphatic carbocycles. The smallest absolute Gasteiger partial charge is 0.0195 e. The number of rotatable bonds is 0. The first-order chi connectivity index (χ1) is 2.39. The highest BCUT2D eigenvalue weighted by molar-refractivity contribution is 8.04. The van der Waals surface area contributed by atoms with E-state index < -0.39 is 0 Å². The molecule has 1 heterocycles. The van der Waals surface area contributed by atoms with Crippen LogP contribution in [0.1, 0.15) is 0 Å². The van der Waals surface area contributed by atoms with Crippen LogP contribution < -0.4 is 0 Å². The summed E-state index contributed by atoms with van der Waals surface area (Å²) in [4.78, 5) is 0. The maximum absolute atomic E-state index is 3.40. The molecule has 2 heteroatoms. The molecule has 0 bridgehead atoms. The minimum Gasteiger partial charge on any atom is -0.152 e. The zero-order valence-corrected chi connectivity index (χ0v) is 4.64. The molecule has 0 atom stereocenters. The van der Waals surface area contributed by atoms with Crippen LogP contribution in [0, 0.1) is 0 Å². The molecule has 0 aromatic rings. The summed E-state index contributed by atoms with van der Waals surface area (Å²) in [7, 11) is 3.40. The van der Waals surface area contributed by atoms with Gasteiger partial charge >= 0.3 is 0 Å². The van der Waals surface area contributed by atoms with Gasteiger partial charge in [-0.3, -0.25) is 0 Å². The van der Waals surface area contributed by atoms with Gasteiger partial charge in [0, 0.05) is 11.5 Å². The lowest BCUT2D eigenvalue weighted by atomic mass is 10.5. The van der Waals surface area contributed by atoms with E-state index in [-0.39, 0.29) is 0 Å². The summed E-state index contributed by atoms with van der Waals surface area (Å²) in [6.07, 6.45) is 0. The van der Waals surface area contributed by atoms with Gasteiger partial charge in [0.05, 0.1) is 0 Å². The van der Waals surface area contributed by atoms with Crippen LogP contribution in [0.2, 0.25) is 0 Å². The summed E-state index contributed by atoms with van der Waals surface area (Å²) in [5.41, 5.74) is 0. The van der Waals surface area contributed by atoms with Crippen LogP contribution in [0.5, 0.6) is 0 Å². The van der Waals surface area contributed by atoms with Crippen LogP contribution in [0.25, 0.3) is 0 Å². The Morgan fingerprint density at radius 1 is 1.60 bits per heavy atom.